The van der Waals surface area contributed by atoms with E-state index in [1.165, 1.54) is 111 Å². The zero-order valence-electron chi connectivity index (χ0n) is 37.0. The Balaban J connectivity index is 1.17. The summed E-state index contributed by atoms with van der Waals surface area (Å²) in [6, 6.07) is 0. The number of thiazole rings is 4. The van der Waals surface area contributed by atoms with E-state index in [1.807, 2.05) is 0 Å². The van der Waals surface area contributed by atoms with Gasteiger partial charge in [0.2, 0.25) is 0 Å². The van der Waals surface area contributed by atoms with E-state index in [9.17, 15) is 0 Å². The molecule has 62 heavy (non-hydrogen) atoms. The highest BCUT2D eigenvalue weighted by atomic mass is 32.1. The molecule has 0 fully saturated rings. The lowest BCUT2D eigenvalue weighted by atomic mass is 10.1. The predicted octanol–water partition coefficient (Wildman–Crippen LogP) is 16.0. The molecule has 8 nitrogen and oxygen atoms in total. The maximum Gasteiger partial charge on any atom is 0.181 e. The van der Waals surface area contributed by atoms with Crippen molar-refractivity contribution in [2.75, 3.05) is 26.4 Å². The molecule has 0 bridgehead atoms. The second-order valence-electron chi connectivity index (χ2n) is 16.4. The number of unbranched alkanes of at least 4 members (excludes halogenated alkanes) is 12. The molecular weight excluding hydrogens is 889 g/mol. The fraction of sp³-hybridized carbons (Fsp3) is 0.583. The molecule has 0 saturated heterocycles. The van der Waals surface area contributed by atoms with Crippen LogP contribution in [0.1, 0.15) is 153 Å². The lowest BCUT2D eigenvalue weighted by Gasteiger charge is -2.18. The molecule has 0 unspecified atom stereocenters. The van der Waals surface area contributed by atoms with Gasteiger partial charge in [0, 0.05) is 10.8 Å². The summed E-state index contributed by atoms with van der Waals surface area (Å²) in [7, 11) is 0. The second kappa shape index (κ2) is 22.8. The first-order chi connectivity index (χ1) is 30.6. The van der Waals surface area contributed by atoms with Gasteiger partial charge in [-0.15, -0.1) is 68.0 Å². The first-order valence-electron chi connectivity index (χ1n) is 23.3. The Labute approximate surface area is 392 Å². The summed E-state index contributed by atoms with van der Waals surface area (Å²) >= 11 is 10.5. The van der Waals surface area contributed by atoms with Crippen LogP contribution in [0.5, 0.6) is 23.0 Å². The molecule has 334 valence electrons. The fourth-order valence-corrected chi connectivity index (χ4v) is 14.8. The molecule has 0 spiro atoms. The summed E-state index contributed by atoms with van der Waals surface area (Å²) in [4.78, 5) is 27.5. The van der Waals surface area contributed by atoms with Crippen molar-refractivity contribution in [1.29, 1.82) is 0 Å². The Bertz CT molecular complexity index is 2170. The van der Waals surface area contributed by atoms with Crippen LogP contribution in [-0.2, 0) is 25.7 Å². The number of rotatable bonds is 25. The van der Waals surface area contributed by atoms with Crippen molar-refractivity contribution in [2.45, 2.75) is 156 Å². The van der Waals surface area contributed by atoms with Crippen molar-refractivity contribution >= 4 is 68.0 Å². The van der Waals surface area contributed by atoms with Crippen LogP contribution in [0, 0.1) is 0 Å². The Morgan fingerprint density at radius 2 is 0.710 bits per heavy atom. The molecule has 6 aromatic rings. The molecule has 0 aliphatic carbocycles. The van der Waals surface area contributed by atoms with Gasteiger partial charge in [-0.2, -0.15) is 0 Å². The minimum atomic E-state index is 0.500. The van der Waals surface area contributed by atoms with Crippen molar-refractivity contribution < 1.29 is 18.9 Å². The molecule has 8 rings (SSSR count). The van der Waals surface area contributed by atoms with Crippen LogP contribution in [-0.4, -0.2) is 46.4 Å². The lowest BCUT2D eigenvalue weighted by molar-refractivity contribution is 0.172. The summed E-state index contributed by atoms with van der Waals surface area (Å²) in [5.74, 6) is 3.25. The van der Waals surface area contributed by atoms with Crippen molar-refractivity contribution in [2.24, 2.45) is 0 Å². The average Bonchev–Trinajstić information content (AvgIpc) is 4.16. The quantitative estimate of drug-likeness (QED) is 0.0525. The van der Waals surface area contributed by atoms with Crippen LogP contribution in [0.3, 0.4) is 0 Å². The van der Waals surface area contributed by atoms with E-state index >= 15 is 0 Å². The molecule has 8 heterocycles. The number of aryl methyl sites for hydroxylation is 4. The molecule has 0 atom stereocenters. The molecule has 0 N–H and O–H groups in total. The normalized spacial score (nSPS) is 13.4. The van der Waals surface area contributed by atoms with E-state index in [0.717, 1.165) is 112 Å². The number of aromatic nitrogens is 4. The minimum Gasteiger partial charge on any atom is -0.485 e. The van der Waals surface area contributed by atoms with Gasteiger partial charge in [-0.3, -0.25) is 0 Å². The molecule has 0 amide bonds. The summed E-state index contributed by atoms with van der Waals surface area (Å²) in [6.45, 7) is 11.1. The summed E-state index contributed by atoms with van der Waals surface area (Å²) in [5.41, 5.74) is 4.63. The third-order valence-electron chi connectivity index (χ3n) is 11.4. The van der Waals surface area contributed by atoms with Crippen LogP contribution in [0.2, 0.25) is 0 Å². The summed E-state index contributed by atoms with van der Waals surface area (Å²) < 4.78 is 26.3. The van der Waals surface area contributed by atoms with Gasteiger partial charge in [-0.05, 0) is 51.4 Å². The van der Waals surface area contributed by atoms with Gasteiger partial charge in [0.1, 0.15) is 26.4 Å². The van der Waals surface area contributed by atoms with Gasteiger partial charge in [-0.1, -0.05) is 105 Å². The van der Waals surface area contributed by atoms with Crippen molar-refractivity contribution in [3.8, 4) is 72.3 Å². The van der Waals surface area contributed by atoms with E-state index in [4.69, 9.17) is 38.9 Å². The van der Waals surface area contributed by atoms with E-state index < -0.39 is 0 Å². The maximum absolute atomic E-state index is 6.58. The molecule has 0 saturated carbocycles. The SMILES string of the molecule is CCCCCCc1csc(-c2nc(CCCCCC)c(-c3sc(-c4sc(-c5sc(-c6nc(CCCCCC)cs6)nc5CCCCCC)c5c4OCCO5)c4c3OCCO4)s2)n1. The zero-order chi connectivity index (χ0) is 42.7. The lowest BCUT2D eigenvalue weighted by Crippen LogP contribution is -2.15. The average molecular weight is 951 g/mol. The van der Waals surface area contributed by atoms with Crippen LogP contribution in [0.15, 0.2) is 10.8 Å². The third kappa shape index (κ3) is 10.8. The first-order valence-corrected chi connectivity index (χ1v) is 28.4. The number of hydrogen-bond acceptors (Lipinski definition) is 14. The van der Waals surface area contributed by atoms with E-state index in [2.05, 4.69) is 38.5 Å². The zero-order valence-corrected chi connectivity index (χ0v) is 41.9. The van der Waals surface area contributed by atoms with E-state index in [0.29, 0.717) is 26.4 Å². The minimum absolute atomic E-state index is 0.500. The number of ether oxygens (including phenoxy) is 4. The van der Waals surface area contributed by atoms with Gasteiger partial charge in [0.05, 0.1) is 52.0 Å². The monoisotopic (exact) mass is 950 g/mol. The standard InChI is InChI=1S/C48H62N4O4S6/c1-5-9-13-17-21-31-29-57-45(49-31)47-51-33(23-19-15-11-7-3)39(61-47)41-35-37(55-27-25-53-35)43(59-41)44-38-36(54-26-28-56-38)42(60-44)40-34(24-20-16-12-8-4)52-48(62-40)46-50-32(30-58-46)22-18-14-10-6-2/h29-30H,5-28H2,1-4H3. The van der Waals surface area contributed by atoms with Crippen LogP contribution in [0.4, 0.5) is 0 Å². The van der Waals surface area contributed by atoms with Gasteiger partial charge >= 0.3 is 0 Å². The topological polar surface area (TPSA) is 88.5 Å². The summed E-state index contributed by atoms with van der Waals surface area (Å²) in [6.07, 6.45) is 23.3. The van der Waals surface area contributed by atoms with E-state index in [-0.39, 0.29) is 0 Å². The fourth-order valence-electron chi connectivity index (χ4n) is 8.02. The molecule has 14 heteroatoms. The van der Waals surface area contributed by atoms with Crippen LogP contribution < -0.4 is 18.9 Å². The van der Waals surface area contributed by atoms with Crippen molar-refractivity contribution in [1.82, 2.24) is 19.9 Å². The molecular formula is C48H62N4O4S6. The number of fused-ring (bicyclic) bond motifs is 2. The van der Waals surface area contributed by atoms with Crippen molar-refractivity contribution in [3.63, 3.8) is 0 Å². The number of hydrogen-bond donors (Lipinski definition) is 0. The molecule has 0 aromatic carbocycles. The molecule has 6 aromatic heterocycles. The Kier molecular flexibility index (Phi) is 16.8. The Morgan fingerprint density at radius 1 is 0.371 bits per heavy atom. The second-order valence-corrected chi connectivity index (χ2v) is 22.1. The maximum atomic E-state index is 6.58. The Morgan fingerprint density at radius 3 is 1.06 bits per heavy atom. The molecule has 2 aliphatic rings. The predicted molar refractivity (Wildman–Crippen MR) is 265 cm³/mol. The number of thiophene rings is 2. The smallest absolute Gasteiger partial charge is 0.181 e. The van der Waals surface area contributed by atoms with Gasteiger partial charge in [0.25, 0.3) is 0 Å². The van der Waals surface area contributed by atoms with Gasteiger partial charge in [-0.25, -0.2) is 19.9 Å². The van der Waals surface area contributed by atoms with Crippen molar-refractivity contribution in [3.05, 3.63) is 33.5 Å². The van der Waals surface area contributed by atoms with E-state index in [1.54, 1.807) is 68.0 Å². The third-order valence-corrected chi connectivity index (χ3v) is 18.4. The Hall–Kier alpha value is -2.88. The highest BCUT2D eigenvalue weighted by Gasteiger charge is 2.36. The van der Waals surface area contributed by atoms with Crippen LogP contribution in [0.25, 0.3) is 49.3 Å². The molecule has 0 radical (unpaired) electrons. The largest absolute Gasteiger partial charge is 0.485 e. The van der Waals surface area contributed by atoms with Crippen LogP contribution >= 0.6 is 68.0 Å². The first kappa shape index (κ1) is 45.7. The highest BCUT2D eigenvalue weighted by Crippen LogP contribution is 2.63. The van der Waals surface area contributed by atoms with Gasteiger partial charge in [0.15, 0.2) is 43.0 Å². The van der Waals surface area contributed by atoms with Gasteiger partial charge < -0.3 is 18.9 Å². The highest BCUT2D eigenvalue weighted by molar-refractivity contribution is 7.31. The summed E-state index contributed by atoms with van der Waals surface area (Å²) in [5, 5.41) is 8.50. The number of nitrogens with zero attached hydrogens (tertiary/aromatic N) is 4. The molecule has 2 aliphatic heterocycles.